The second kappa shape index (κ2) is 7.51. The molecule has 0 radical (unpaired) electrons. The lowest BCUT2D eigenvalue weighted by atomic mass is 10.0. The zero-order valence-electron chi connectivity index (χ0n) is 14.5. The molecule has 1 atom stereocenters. The molecule has 2 aromatic rings. The average molecular weight is 396 g/mol. The Bertz CT molecular complexity index is 979. The van der Waals surface area contributed by atoms with Gasteiger partial charge in [-0.1, -0.05) is 0 Å². The van der Waals surface area contributed by atoms with E-state index in [0.717, 1.165) is 18.4 Å². The fourth-order valence-electron chi connectivity index (χ4n) is 2.93. The lowest BCUT2D eigenvalue weighted by Crippen LogP contribution is -2.29. The molecule has 0 unspecified atom stereocenters. The summed E-state index contributed by atoms with van der Waals surface area (Å²) in [6.07, 6.45) is 2.05. The van der Waals surface area contributed by atoms with Gasteiger partial charge < -0.3 is 10.1 Å². The van der Waals surface area contributed by atoms with Gasteiger partial charge in [0.05, 0.1) is 30.2 Å². The maximum Gasteiger partial charge on any atom is 0.254 e. The Labute approximate surface area is 155 Å². The number of hydrogen-bond acceptors (Lipinski definition) is 4. The number of carbonyl (C=O) groups excluding carboxylic acids is 1. The fourth-order valence-corrected chi connectivity index (χ4v) is 3.50. The van der Waals surface area contributed by atoms with Gasteiger partial charge in [-0.25, -0.2) is 17.2 Å². The van der Waals surface area contributed by atoms with E-state index in [0.29, 0.717) is 30.8 Å². The van der Waals surface area contributed by atoms with Gasteiger partial charge in [-0.15, -0.1) is 0 Å². The first-order valence-electron chi connectivity index (χ1n) is 8.23. The maximum absolute atomic E-state index is 13.7. The number of rotatable bonds is 4. The Morgan fingerprint density at radius 3 is 2.59 bits per heavy atom. The number of carbonyl (C=O) groups is 1. The van der Waals surface area contributed by atoms with E-state index < -0.39 is 33.6 Å². The molecule has 0 spiro atoms. The molecule has 0 saturated heterocycles. The van der Waals surface area contributed by atoms with Gasteiger partial charge in [0.1, 0.15) is 17.4 Å². The molecular formula is C18H18F2N2O4S. The van der Waals surface area contributed by atoms with Crippen molar-refractivity contribution >= 4 is 21.6 Å². The predicted octanol–water partition coefficient (Wildman–Crippen LogP) is 2.98. The van der Waals surface area contributed by atoms with Gasteiger partial charge in [-0.05, 0) is 49.2 Å². The van der Waals surface area contributed by atoms with Crippen molar-refractivity contribution in [3.05, 3.63) is 59.2 Å². The maximum atomic E-state index is 13.7. The Kier molecular flexibility index (Phi) is 5.31. The van der Waals surface area contributed by atoms with Crippen LogP contribution in [-0.2, 0) is 10.0 Å². The molecular weight excluding hydrogens is 378 g/mol. The molecule has 1 aliphatic rings. The van der Waals surface area contributed by atoms with Crippen LogP contribution in [0.4, 0.5) is 14.5 Å². The van der Waals surface area contributed by atoms with Crippen molar-refractivity contribution in [2.45, 2.75) is 18.9 Å². The molecule has 2 aromatic carbocycles. The lowest BCUT2D eigenvalue weighted by Gasteiger charge is -2.19. The Hall–Kier alpha value is -2.68. The molecule has 144 valence electrons. The van der Waals surface area contributed by atoms with Crippen molar-refractivity contribution in [2.24, 2.45) is 0 Å². The van der Waals surface area contributed by atoms with Crippen LogP contribution in [0.25, 0.3) is 0 Å². The van der Waals surface area contributed by atoms with Gasteiger partial charge in [0.25, 0.3) is 5.91 Å². The molecule has 0 saturated carbocycles. The zero-order chi connectivity index (χ0) is 19.6. The van der Waals surface area contributed by atoms with E-state index in [9.17, 15) is 22.0 Å². The van der Waals surface area contributed by atoms with Crippen LogP contribution in [-0.4, -0.2) is 27.2 Å². The minimum Gasteiger partial charge on any atom is -0.493 e. The van der Waals surface area contributed by atoms with E-state index in [1.165, 1.54) is 24.3 Å². The minimum absolute atomic E-state index is 0.0410. The van der Waals surface area contributed by atoms with Gasteiger partial charge in [0.15, 0.2) is 0 Å². The Morgan fingerprint density at radius 2 is 1.85 bits per heavy atom. The van der Waals surface area contributed by atoms with E-state index in [1.54, 1.807) is 0 Å². The smallest absolute Gasteiger partial charge is 0.254 e. The van der Waals surface area contributed by atoms with Gasteiger partial charge in [-0.3, -0.25) is 9.52 Å². The number of halogens is 2. The van der Waals surface area contributed by atoms with Crippen LogP contribution in [0.2, 0.25) is 0 Å². The summed E-state index contributed by atoms with van der Waals surface area (Å²) in [5.74, 6) is -1.37. The number of fused-ring (bicyclic) bond motifs is 1. The topological polar surface area (TPSA) is 84.5 Å². The van der Waals surface area contributed by atoms with Crippen molar-refractivity contribution in [3.8, 4) is 5.75 Å². The summed E-state index contributed by atoms with van der Waals surface area (Å²) in [6.45, 7) is 0.422. The molecule has 2 N–H and O–H groups in total. The Balaban J connectivity index is 1.92. The monoisotopic (exact) mass is 396 g/mol. The molecule has 9 heteroatoms. The van der Waals surface area contributed by atoms with Gasteiger partial charge in [-0.2, -0.15) is 0 Å². The quantitative estimate of drug-likeness (QED) is 0.832. The summed E-state index contributed by atoms with van der Waals surface area (Å²) in [5, 5.41) is 2.72. The van der Waals surface area contributed by atoms with Gasteiger partial charge in [0.2, 0.25) is 10.0 Å². The summed E-state index contributed by atoms with van der Waals surface area (Å²) < 4.78 is 58.1. The van der Waals surface area contributed by atoms with Crippen molar-refractivity contribution in [3.63, 3.8) is 0 Å². The Morgan fingerprint density at radius 1 is 1.15 bits per heavy atom. The highest BCUT2D eigenvalue weighted by atomic mass is 32.2. The third-order valence-corrected chi connectivity index (χ3v) is 4.66. The molecule has 0 bridgehead atoms. The average Bonchev–Trinajstić information content (AvgIpc) is 2.77. The number of nitrogens with one attached hydrogen (secondary N) is 2. The standard InChI is InChI=1S/C18H18F2N2O4S/c1-27(24,25)22-16-6-4-11(19)10-14(16)18(23)21-15-3-2-8-26-17-7-5-12(20)9-13(15)17/h4-7,9-10,15,22H,2-3,8H2,1H3,(H,21,23)/t15-/m1/s1. The molecule has 27 heavy (non-hydrogen) atoms. The van der Waals surface area contributed by atoms with Crippen LogP contribution >= 0.6 is 0 Å². The molecule has 1 heterocycles. The highest BCUT2D eigenvalue weighted by molar-refractivity contribution is 7.92. The van der Waals surface area contributed by atoms with Crippen LogP contribution in [0.3, 0.4) is 0 Å². The largest absolute Gasteiger partial charge is 0.493 e. The zero-order valence-corrected chi connectivity index (χ0v) is 15.3. The number of amides is 1. The molecule has 1 aliphatic heterocycles. The van der Waals surface area contributed by atoms with E-state index in [-0.39, 0.29) is 11.3 Å². The lowest BCUT2D eigenvalue weighted by molar-refractivity contribution is 0.0935. The normalized spacial score (nSPS) is 16.6. The van der Waals surface area contributed by atoms with E-state index in [2.05, 4.69) is 10.0 Å². The highest BCUT2D eigenvalue weighted by Gasteiger charge is 2.24. The second-order valence-electron chi connectivity index (χ2n) is 6.26. The number of anilines is 1. The summed E-state index contributed by atoms with van der Waals surface area (Å²) in [4.78, 5) is 12.7. The van der Waals surface area contributed by atoms with Crippen molar-refractivity contribution in [1.29, 1.82) is 0 Å². The third-order valence-electron chi connectivity index (χ3n) is 4.07. The first-order valence-corrected chi connectivity index (χ1v) is 10.1. The van der Waals surface area contributed by atoms with E-state index in [1.807, 2.05) is 0 Å². The fraction of sp³-hybridized carbons (Fsp3) is 0.278. The molecule has 3 rings (SSSR count). The summed E-state index contributed by atoms with van der Waals surface area (Å²) in [6, 6.07) is 6.66. The van der Waals surface area contributed by atoms with E-state index in [4.69, 9.17) is 4.74 Å². The first-order chi connectivity index (χ1) is 12.7. The van der Waals surface area contributed by atoms with Crippen LogP contribution in [0.15, 0.2) is 36.4 Å². The van der Waals surface area contributed by atoms with Crippen LogP contribution < -0.4 is 14.8 Å². The van der Waals surface area contributed by atoms with Gasteiger partial charge in [0, 0.05) is 5.56 Å². The number of sulfonamides is 1. The summed E-state index contributed by atoms with van der Waals surface area (Å²) in [7, 11) is -3.66. The highest BCUT2D eigenvalue weighted by Crippen LogP contribution is 2.32. The number of hydrogen-bond donors (Lipinski definition) is 2. The predicted molar refractivity (Wildman–Crippen MR) is 96.2 cm³/mol. The molecule has 0 aromatic heterocycles. The first kappa shape index (κ1) is 19.1. The van der Waals surface area contributed by atoms with Gasteiger partial charge >= 0.3 is 0 Å². The van der Waals surface area contributed by atoms with Crippen LogP contribution in [0.1, 0.15) is 34.8 Å². The minimum atomic E-state index is -3.66. The molecule has 1 amide bonds. The van der Waals surface area contributed by atoms with Crippen molar-refractivity contribution in [1.82, 2.24) is 5.32 Å². The van der Waals surface area contributed by atoms with Crippen molar-refractivity contribution in [2.75, 3.05) is 17.6 Å². The third kappa shape index (κ3) is 4.73. The summed E-state index contributed by atoms with van der Waals surface area (Å²) in [5.41, 5.74) is 0.277. The van der Waals surface area contributed by atoms with Crippen LogP contribution in [0, 0.1) is 11.6 Å². The van der Waals surface area contributed by atoms with E-state index >= 15 is 0 Å². The summed E-state index contributed by atoms with van der Waals surface area (Å²) >= 11 is 0. The SMILES string of the molecule is CS(=O)(=O)Nc1ccc(F)cc1C(=O)N[C@@H]1CCCOc2ccc(F)cc21. The second-order valence-corrected chi connectivity index (χ2v) is 8.01. The van der Waals surface area contributed by atoms with Crippen molar-refractivity contribution < 1.29 is 26.7 Å². The van der Waals surface area contributed by atoms with Crippen LogP contribution in [0.5, 0.6) is 5.75 Å². The molecule has 6 nitrogen and oxygen atoms in total. The number of benzene rings is 2. The molecule has 0 fully saturated rings. The number of ether oxygens (including phenoxy) is 1. The molecule has 0 aliphatic carbocycles.